The van der Waals surface area contributed by atoms with Gasteiger partial charge in [0.1, 0.15) is 10.6 Å². The molecular weight excluding hydrogens is 303 g/mol. The van der Waals surface area contributed by atoms with E-state index in [1.807, 2.05) is 4.72 Å². The highest BCUT2D eigenvalue weighted by Crippen LogP contribution is 2.29. The third kappa shape index (κ3) is 5.05. The lowest BCUT2D eigenvalue weighted by Gasteiger charge is -2.13. The normalized spacial score (nSPS) is 12.2. The average Bonchev–Trinajstić information content (AvgIpc) is 2.26. The van der Waals surface area contributed by atoms with Gasteiger partial charge >= 0.3 is 12.3 Å². The van der Waals surface area contributed by atoms with Crippen molar-refractivity contribution in [3.8, 4) is 5.75 Å². The molecule has 0 aliphatic rings. The number of nitrogens with one attached hydrogen (secondary N) is 1. The Hall–Kier alpha value is -1.81. The van der Waals surface area contributed by atoms with Crippen LogP contribution in [0.1, 0.15) is 6.42 Å². The maximum Gasteiger partial charge on any atom is 0.573 e. The number of alkyl halides is 3. The molecule has 0 aromatic heterocycles. The van der Waals surface area contributed by atoms with Crippen LogP contribution in [0.15, 0.2) is 29.2 Å². The Bertz CT molecular complexity index is 585. The Morgan fingerprint density at radius 2 is 1.90 bits per heavy atom. The first-order chi connectivity index (χ1) is 9.12. The summed E-state index contributed by atoms with van der Waals surface area (Å²) in [6.07, 6.45) is -5.53. The number of sulfonamides is 1. The second-order valence-electron chi connectivity index (χ2n) is 3.54. The first-order valence-corrected chi connectivity index (χ1v) is 6.66. The minimum absolute atomic E-state index is 0.446. The summed E-state index contributed by atoms with van der Waals surface area (Å²) < 4.78 is 65.5. The molecule has 0 spiro atoms. The molecule has 0 saturated heterocycles. The van der Waals surface area contributed by atoms with Gasteiger partial charge in [0.05, 0.1) is 6.42 Å². The van der Waals surface area contributed by atoms with Gasteiger partial charge in [-0.2, -0.15) is 0 Å². The van der Waals surface area contributed by atoms with E-state index in [1.54, 1.807) is 0 Å². The van der Waals surface area contributed by atoms with Gasteiger partial charge in [0, 0.05) is 6.54 Å². The van der Waals surface area contributed by atoms with Gasteiger partial charge in [0.15, 0.2) is 0 Å². The van der Waals surface area contributed by atoms with Crippen molar-refractivity contribution in [2.45, 2.75) is 17.7 Å². The van der Waals surface area contributed by atoms with Crippen molar-refractivity contribution in [1.82, 2.24) is 4.72 Å². The van der Waals surface area contributed by atoms with Crippen molar-refractivity contribution in [2.24, 2.45) is 0 Å². The van der Waals surface area contributed by atoms with Gasteiger partial charge in [-0.3, -0.25) is 4.79 Å². The molecular formula is C10H10F3NO5S. The number of hydrogen-bond acceptors (Lipinski definition) is 4. The average molecular weight is 313 g/mol. The molecule has 0 unspecified atom stereocenters. The summed E-state index contributed by atoms with van der Waals surface area (Å²) in [6, 6.07) is 4.16. The monoisotopic (exact) mass is 313 g/mol. The number of ether oxygens (including phenoxy) is 1. The van der Waals surface area contributed by atoms with E-state index in [-0.39, 0.29) is 0 Å². The van der Waals surface area contributed by atoms with Crippen LogP contribution in [0, 0.1) is 0 Å². The molecule has 0 heterocycles. The number of carboxylic acid groups (broad SMARTS) is 1. The van der Waals surface area contributed by atoms with Gasteiger partial charge in [0.2, 0.25) is 10.0 Å². The van der Waals surface area contributed by atoms with Crippen molar-refractivity contribution in [3.05, 3.63) is 24.3 Å². The zero-order chi connectivity index (χ0) is 15.4. The largest absolute Gasteiger partial charge is 0.573 e. The van der Waals surface area contributed by atoms with Crippen LogP contribution in [-0.2, 0) is 14.8 Å². The lowest BCUT2D eigenvalue weighted by atomic mass is 10.3. The van der Waals surface area contributed by atoms with E-state index in [0.717, 1.165) is 12.1 Å². The Morgan fingerprint density at radius 3 is 2.45 bits per heavy atom. The molecule has 0 radical (unpaired) electrons. The third-order valence-electron chi connectivity index (χ3n) is 2.00. The topological polar surface area (TPSA) is 92.7 Å². The van der Waals surface area contributed by atoms with E-state index in [9.17, 15) is 26.4 Å². The van der Waals surface area contributed by atoms with E-state index in [0.29, 0.717) is 0 Å². The Kier molecular flexibility index (Phi) is 4.95. The molecule has 1 aromatic carbocycles. The highest BCUT2D eigenvalue weighted by Gasteiger charge is 2.33. The fraction of sp³-hybridized carbons (Fsp3) is 0.300. The SMILES string of the molecule is O=C(O)CCNS(=O)(=O)c1ccccc1OC(F)(F)F. The maximum absolute atomic E-state index is 12.2. The molecule has 10 heteroatoms. The van der Waals surface area contributed by atoms with Gasteiger partial charge in [-0.15, -0.1) is 13.2 Å². The van der Waals surface area contributed by atoms with E-state index in [2.05, 4.69) is 4.74 Å². The third-order valence-corrected chi connectivity index (χ3v) is 3.50. The standard InChI is InChI=1S/C10H10F3NO5S/c11-10(12,13)19-7-3-1-2-4-8(7)20(17,18)14-6-5-9(15)16/h1-4,14H,5-6H2,(H,15,16). The van der Waals surface area contributed by atoms with Crippen molar-refractivity contribution in [3.63, 3.8) is 0 Å². The molecule has 20 heavy (non-hydrogen) atoms. The minimum atomic E-state index is -5.04. The van der Waals surface area contributed by atoms with Crippen LogP contribution in [-0.4, -0.2) is 32.4 Å². The Morgan fingerprint density at radius 1 is 1.30 bits per heavy atom. The van der Waals surface area contributed by atoms with E-state index in [1.165, 1.54) is 12.1 Å². The van der Waals surface area contributed by atoms with Gasteiger partial charge < -0.3 is 9.84 Å². The smallest absolute Gasteiger partial charge is 0.481 e. The molecule has 2 N–H and O–H groups in total. The van der Waals surface area contributed by atoms with Crippen LogP contribution in [0.3, 0.4) is 0 Å². The molecule has 0 saturated carbocycles. The summed E-state index contributed by atoms with van der Waals surface area (Å²) in [6.45, 7) is -0.446. The predicted octanol–water partition coefficient (Wildman–Crippen LogP) is 1.34. The van der Waals surface area contributed by atoms with Gasteiger partial charge in [-0.25, -0.2) is 13.1 Å². The zero-order valence-corrected chi connectivity index (χ0v) is 10.7. The summed E-state index contributed by atoms with van der Waals surface area (Å²) in [5, 5.41) is 8.38. The van der Waals surface area contributed by atoms with Gasteiger partial charge in [-0.1, -0.05) is 12.1 Å². The number of carboxylic acids is 1. The van der Waals surface area contributed by atoms with E-state index in [4.69, 9.17) is 5.11 Å². The molecule has 0 atom stereocenters. The van der Waals surface area contributed by atoms with Crippen molar-refractivity contribution >= 4 is 16.0 Å². The number of hydrogen-bond donors (Lipinski definition) is 2. The molecule has 0 aliphatic carbocycles. The highest BCUT2D eigenvalue weighted by molar-refractivity contribution is 7.89. The number of benzene rings is 1. The quantitative estimate of drug-likeness (QED) is 0.826. The first kappa shape index (κ1) is 16.2. The Balaban J connectivity index is 2.97. The van der Waals surface area contributed by atoms with Crippen LogP contribution >= 0.6 is 0 Å². The molecule has 0 bridgehead atoms. The van der Waals surface area contributed by atoms with Crippen molar-refractivity contribution in [1.29, 1.82) is 0 Å². The fourth-order valence-electron chi connectivity index (χ4n) is 1.25. The predicted molar refractivity (Wildman–Crippen MR) is 60.6 cm³/mol. The summed E-state index contributed by atoms with van der Waals surface area (Å²) in [5.41, 5.74) is 0. The summed E-state index contributed by atoms with van der Waals surface area (Å²) in [7, 11) is -4.30. The van der Waals surface area contributed by atoms with Gasteiger partial charge in [0.25, 0.3) is 0 Å². The molecule has 6 nitrogen and oxygen atoms in total. The zero-order valence-electron chi connectivity index (χ0n) is 9.85. The highest BCUT2D eigenvalue weighted by atomic mass is 32.2. The fourth-order valence-corrected chi connectivity index (χ4v) is 2.41. The summed E-state index contributed by atoms with van der Waals surface area (Å²) >= 11 is 0. The first-order valence-electron chi connectivity index (χ1n) is 5.18. The number of halogens is 3. The van der Waals surface area contributed by atoms with Crippen molar-refractivity contribution in [2.75, 3.05) is 6.54 Å². The number of para-hydroxylation sites is 1. The second-order valence-corrected chi connectivity index (χ2v) is 5.27. The van der Waals surface area contributed by atoms with Crippen LogP contribution in [0.2, 0.25) is 0 Å². The molecule has 0 amide bonds. The summed E-state index contributed by atoms with van der Waals surface area (Å²) in [5.74, 6) is -2.13. The number of aliphatic carboxylic acids is 1. The van der Waals surface area contributed by atoms with Crippen LogP contribution in [0.25, 0.3) is 0 Å². The lowest BCUT2D eigenvalue weighted by molar-refractivity contribution is -0.275. The number of rotatable bonds is 6. The number of carbonyl (C=O) groups is 1. The van der Waals surface area contributed by atoms with Crippen LogP contribution in [0.4, 0.5) is 13.2 Å². The lowest BCUT2D eigenvalue weighted by Crippen LogP contribution is -2.27. The van der Waals surface area contributed by atoms with Crippen molar-refractivity contribution < 1.29 is 36.2 Å². The maximum atomic E-state index is 12.2. The molecule has 1 rings (SSSR count). The second kappa shape index (κ2) is 6.09. The Labute approximate surface area is 112 Å². The van der Waals surface area contributed by atoms with Gasteiger partial charge in [-0.05, 0) is 12.1 Å². The van der Waals surface area contributed by atoms with E-state index >= 15 is 0 Å². The summed E-state index contributed by atoms with van der Waals surface area (Å²) in [4.78, 5) is 9.55. The van der Waals surface area contributed by atoms with Crippen LogP contribution in [0.5, 0.6) is 5.75 Å². The molecule has 0 aliphatic heterocycles. The van der Waals surface area contributed by atoms with E-state index < -0.39 is 46.0 Å². The molecule has 112 valence electrons. The molecule has 1 aromatic rings. The van der Waals surface area contributed by atoms with Crippen LogP contribution < -0.4 is 9.46 Å². The minimum Gasteiger partial charge on any atom is -0.481 e. The molecule has 0 fully saturated rings.